The van der Waals surface area contributed by atoms with E-state index >= 15 is 0 Å². The number of hydrogen-bond acceptors (Lipinski definition) is 1. The summed E-state index contributed by atoms with van der Waals surface area (Å²) in [5.41, 5.74) is 3.56. The molecule has 1 unspecified atom stereocenters. The number of hydrogen-bond donors (Lipinski definition) is 0. The molecular formula is C19H20BrO. The summed E-state index contributed by atoms with van der Waals surface area (Å²) >= 11 is 3.42. The lowest BCUT2D eigenvalue weighted by Crippen LogP contribution is -2.12. The number of rotatable bonds is 6. The Labute approximate surface area is 135 Å². The van der Waals surface area contributed by atoms with Gasteiger partial charge in [-0.2, -0.15) is 0 Å². The fraction of sp³-hybridized carbons (Fsp3) is 0.263. The van der Waals surface area contributed by atoms with Crippen LogP contribution in [0.5, 0.6) is 0 Å². The Hall–Kier alpha value is -1.41. The maximum Gasteiger partial charge on any atom is 0.136 e. The van der Waals surface area contributed by atoms with Crippen LogP contribution in [0, 0.1) is 19.3 Å². The van der Waals surface area contributed by atoms with Crippen molar-refractivity contribution in [1.29, 1.82) is 0 Å². The minimum absolute atomic E-state index is 0.0387. The molecule has 1 radical (unpaired) electrons. The van der Waals surface area contributed by atoms with Gasteiger partial charge in [0.1, 0.15) is 5.78 Å². The number of ketones is 1. The number of halogens is 1. The Morgan fingerprint density at radius 2 is 1.71 bits per heavy atom. The summed E-state index contributed by atoms with van der Waals surface area (Å²) in [4.78, 5) is 12.2. The smallest absolute Gasteiger partial charge is 0.136 e. The zero-order chi connectivity index (χ0) is 15.2. The van der Waals surface area contributed by atoms with Crippen molar-refractivity contribution in [2.45, 2.75) is 26.7 Å². The summed E-state index contributed by atoms with van der Waals surface area (Å²) in [7, 11) is 0. The van der Waals surface area contributed by atoms with Gasteiger partial charge < -0.3 is 0 Å². The highest BCUT2D eigenvalue weighted by molar-refractivity contribution is 9.10. The Balaban J connectivity index is 1.84. The van der Waals surface area contributed by atoms with E-state index in [4.69, 9.17) is 0 Å². The van der Waals surface area contributed by atoms with E-state index in [-0.39, 0.29) is 5.92 Å². The van der Waals surface area contributed by atoms with Gasteiger partial charge in [-0.1, -0.05) is 64.8 Å². The second-order valence-corrected chi connectivity index (χ2v) is 6.37. The molecule has 2 aromatic carbocycles. The summed E-state index contributed by atoms with van der Waals surface area (Å²) in [6.07, 6.45) is 3.44. The first-order valence-corrected chi connectivity index (χ1v) is 8.02. The topological polar surface area (TPSA) is 17.1 Å². The molecule has 0 aliphatic heterocycles. The quantitative estimate of drug-likeness (QED) is 0.708. The normalized spacial score (nSPS) is 12.1. The Morgan fingerprint density at radius 3 is 2.33 bits per heavy atom. The molecular weight excluding hydrogens is 324 g/mol. The molecule has 0 fully saturated rings. The Kier molecular flexibility index (Phi) is 5.75. The zero-order valence-corrected chi connectivity index (χ0v) is 14.1. The van der Waals surface area contributed by atoms with Gasteiger partial charge in [-0.3, -0.25) is 4.79 Å². The maximum absolute atomic E-state index is 12.2. The van der Waals surface area contributed by atoms with Crippen molar-refractivity contribution in [3.63, 3.8) is 0 Å². The SMILES string of the molecule is Cc1ccc([CH]C(C)C(=O)CCc2ccc(Br)cc2)cc1. The minimum atomic E-state index is -0.0387. The summed E-state index contributed by atoms with van der Waals surface area (Å²) in [6.45, 7) is 4.04. The van der Waals surface area contributed by atoms with Crippen molar-refractivity contribution in [1.82, 2.24) is 0 Å². The van der Waals surface area contributed by atoms with E-state index in [2.05, 4.69) is 59.3 Å². The van der Waals surface area contributed by atoms with Crippen LogP contribution in [0.3, 0.4) is 0 Å². The Morgan fingerprint density at radius 1 is 1.10 bits per heavy atom. The lowest BCUT2D eigenvalue weighted by molar-refractivity contribution is -0.121. The molecule has 0 bridgehead atoms. The van der Waals surface area contributed by atoms with Crippen LogP contribution >= 0.6 is 15.9 Å². The highest BCUT2D eigenvalue weighted by Gasteiger charge is 2.13. The average molecular weight is 344 g/mol. The monoisotopic (exact) mass is 343 g/mol. The Bertz CT molecular complexity index is 584. The van der Waals surface area contributed by atoms with E-state index < -0.39 is 0 Å². The predicted octanol–water partition coefficient (Wildman–Crippen LogP) is 5.15. The van der Waals surface area contributed by atoms with E-state index in [9.17, 15) is 4.79 Å². The molecule has 0 N–H and O–H groups in total. The third-order valence-corrected chi connectivity index (χ3v) is 4.13. The van der Waals surface area contributed by atoms with Crippen molar-refractivity contribution in [2.24, 2.45) is 5.92 Å². The largest absolute Gasteiger partial charge is 0.299 e. The van der Waals surface area contributed by atoms with Crippen molar-refractivity contribution in [3.8, 4) is 0 Å². The second kappa shape index (κ2) is 7.56. The van der Waals surface area contributed by atoms with Gasteiger partial charge in [-0.05, 0) is 36.6 Å². The minimum Gasteiger partial charge on any atom is -0.299 e. The molecule has 0 aliphatic rings. The first-order chi connectivity index (χ1) is 10.0. The molecule has 0 saturated carbocycles. The lowest BCUT2D eigenvalue weighted by Gasteiger charge is -2.10. The fourth-order valence-corrected chi connectivity index (χ4v) is 2.47. The highest BCUT2D eigenvalue weighted by atomic mass is 79.9. The van der Waals surface area contributed by atoms with Crippen LogP contribution in [0.1, 0.15) is 30.0 Å². The van der Waals surface area contributed by atoms with E-state index in [1.165, 1.54) is 11.1 Å². The van der Waals surface area contributed by atoms with Gasteiger partial charge in [-0.15, -0.1) is 0 Å². The lowest BCUT2D eigenvalue weighted by atomic mass is 9.93. The van der Waals surface area contributed by atoms with Crippen molar-refractivity contribution in [3.05, 3.63) is 76.1 Å². The van der Waals surface area contributed by atoms with Crippen molar-refractivity contribution >= 4 is 21.7 Å². The summed E-state index contributed by atoms with van der Waals surface area (Å²) in [6, 6.07) is 16.4. The molecule has 2 heteroatoms. The summed E-state index contributed by atoms with van der Waals surface area (Å²) in [5, 5.41) is 0. The van der Waals surface area contributed by atoms with Crippen LogP contribution in [0.15, 0.2) is 53.0 Å². The molecule has 0 heterocycles. The molecule has 109 valence electrons. The van der Waals surface area contributed by atoms with Gasteiger partial charge in [0.25, 0.3) is 0 Å². The molecule has 21 heavy (non-hydrogen) atoms. The average Bonchev–Trinajstić information content (AvgIpc) is 2.48. The summed E-state index contributed by atoms with van der Waals surface area (Å²) in [5.74, 6) is 0.252. The second-order valence-electron chi connectivity index (χ2n) is 5.46. The first kappa shape index (κ1) is 16.0. The molecule has 2 aromatic rings. The van der Waals surface area contributed by atoms with E-state index in [1.54, 1.807) is 0 Å². The van der Waals surface area contributed by atoms with Crippen LogP contribution in [0.25, 0.3) is 0 Å². The van der Waals surface area contributed by atoms with Crippen LogP contribution in [0.4, 0.5) is 0 Å². The van der Waals surface area contributed by atoms with Crippen LogP contribution in [0.2, 0.25) is 0 Å². The molecule has 1 atom stereocenters. The van der Waals surface area contributed by atoms with Gasteiger partial charge in [0.05, 0.1) is 0 Å². The number of aryl methyl sites for hydroxylation is 2. The number of carbonyl (C=O) groups excluding carboxylic acids is 1. The van der Waals surface area contributed by atoms with Gasteiger partial charge in [-0.25, -0.2) is 0 Å². The van der Waals surface area contributed by atoms with Crippen LogP contribution < -0.4 is 0 Å². The van der Waals surface area contributed by atoms with E-state index in [0.29, 0.717) is 12.2 Å². The number of carbonyl (C=O) groups is 1. The predicted molar refractivity (Wildman–Crippen MR) is 91.2 cm³/mol. The molecule has 0 aromatic heterocycles. The molecule has 1 nitrogen and oxygen atoms in total. The van der Waals surface area contributed by atoms with Gasteiger partial charge in [0, 0.05) is 23.2 Å². The zero-order valence-electron chi connectivity index (χ0n) is 12.5. The van der Waals surface area contributed by atoms with Crippen molar-refractivity contribution < 1.29 is 4.79 Å². The third-order valence-electron chi connectivity index (χ3n) is 3.60. The van der Waals surface area contributed by atoms with E-state index in [1.807, 2.05) is 25.5 Å². The van der Waals surface area contributed by atoms with Crippen molar-refractivity contribution in [2.75, 3.05) is 0 Å². The van der Waals surface area contributed by atoms with Crippen LogP contribution in [-0.4, -0.2) is 5.78 Å². The van der Waals surface area contributed by atoms with E-state index in [0.717, 1.165) is 16.5 Å². The van der Waals surface area contributed by atoms with Gasteiger partial charge >= 0.3 is 0 Å². The molecule has 0 spiro atoms. The first-order valence-electron chi connectivity index (χ1n) is 7.23. The number of benzene rings is 2. The summed E-state index contributed by atoms with van der Waals surface area (Å²) < 4.78 is 1.07. The molecule has 0 aliphatic carbocycles. The molecule has 0 saturated heterocycles. The van der Waals surface area contributed by atoms with Gasteiger partial charge in [0.15, 0.2) is 0 Å². The molecule has 0 amide bonds. The van der Waals surface area contributed by atoms with Crippen LogP contribution in [-0.2, 0) is 11.2 Å². The highest BCUT2D eigenvalue weighted by Crippen LogP contribution is 2.17. The standard InChI is InChI=1S/C19H20BrO/c1-14-3-5-17(6-4-14)13-15(2)19(21)12-9-16-7-10-18(20)11-8-16/h3-8,10-11,13,15H,9,12H2,1-2H3. The van der Waals surface area contributed by atoms with Gasteiger partial charge in [0.2, 0.25) is 0 Å². The third kappa shape index (κ3) is 5.13. The molecule has 2 rings (SSSR count). The number of Topliss-reactive ketones (excluding diaryl/α,β-unsaturated/α-hetero) is 1. The maximum atomic E-state index is 12.2. The fourth-order valence-electron chi connectivity index (χ4n) is 2.21.